The molecule has 0 spiro atoms. The number of aliphatic carboxylic acids is 1. The Kier molecular flexibility index (Phi) is 12.1. The number of rotatable bonds is 17. The molecular weight excluding hydrogens is 562 g/mol. The van der Waals surface area contributed by atoms with E-state index < -0.39 is 11.9 Å². The summed E-state index contributed by atoms with van der Waals surface area (Å²) < 4.78 is 22.4. The normalized spacial score (nSPS) is 19.4. The number of unbranched alkanes of at least 4 members (excludes halogenated alkanes) is 1. The van der Waals surface area contributed by atoms with Gasteiger partial charge in [-0.05, 0) is 82.1 Å². The van der Waals surface area contributed by atoms with Crippen LogP contribution in [0.2, 0.25) is 0 Å². The predicted octanol–water partition coefficient (Wildman–Crippen LogP) is 4.50. The SMILES string of the molecule is CCCCN(CCCN(C)C)C(=O)CN1C[C@H](c2cc(OC)c3c(c2)OCO3)[C@@H](C(=O)O)[C@@H]1CCCc1ccccc1OC. The van der Waals surface area contributed by atoms with Gasteiger partial charge in [0.2, 0.25) is 18.4 Å². The van der Waals surface area contributed by atoms with Crippen LogP contribution in [-0.2, 0) is 16.0 Å². The second kappa shape index (κ2) is 16.0. The van der Waals surface area contributed by atoms with Gasteiger partial charge in [0.15, 0.2) is 11.5 Å². The molecule has 1 saturated heterocycles. The minimum atomic E-state index is -0.863. The molecular formula is C34H49N3O7. The number of aryl methyl sites for hydroxylation is 1. The summed E-state index contributed by atoms with van der Waals surface area (Å²) in [6.45, 7) is 5.16. The number of para-hydroxylation sites is 1. The minimum absolute atomic E-state index is 0.0555. The monoisotopic (exact) mass is 611 g/mol. The number of benzene rings is 2. The molecule has 0 bridgehead atoms. The lowest BCUT2D eigenvalue weighted by atomic mass is 9.83. The Balaban J connectivity index is 1.60. The van der Waals surface area contributed by atoms with Gasteiger partial charge in [-0.2, -0.15) is 0 Å². The molecule has 4 rings (SSSR count). The number of fused-ring (bicyclic) bond motifs is 1. The second-order valence-corrected chi connectivity index (χ2v) is 12.0. The van der Waals surface area contributed by atoms with Crippen molar-refractivity contribution in [2.45, 2.75) is 57.4 Å². The Morgan fingerprint density at radius 1 is 1.00 bits per heavy atom. The molecule has 2 aliphatic heterocycles. The summed E-state index contributed by atoms with van der Waals surface area (Å²) in [4.78, 5) is 33.0. The van der Waals surface area contributed by atoms with Crippen molar-refractivity contribution in [3.63, 3.8) is 0 Å². The standard InChI is InChI=1S/C34H49N3O7/c1-6-7-17-36(18-11-16-35(2)3)31(38)22-37-21-26(25-19-29(42-5)33-30(20-25)43-23-44-33)32(34(39)40)27(37)14-10-13-24-12-8-9-15-28(24)41-4/h8-9,12,15,19-20,26-27,32H,6-7,10-11,13-14,16-18,21-23H2,1-5H3,(H,39,40)/t26-,27+,32-/m1/s1. The van der Waals surface area contributed by atoms with Crippen molar-refractivity contribution in [2.75, 3.05) is 67.8 Å². The topological polar surface area (TPSA) is 101 Å². The molecule has 2 aliphatic rings. The Bertz CT molecular complexity index is 1250. The highest BCUT2D eigenvalue weighted by molar-refractivity contribution is 5.79. The number of carbonyl (C=O) groups is 2. The molecule has 0 radical (unpaired) electrons. The number of carboxylic acid groups (broad SMARTS) is 1. The summed E-state index contributed by atoms with van der Waals surface area (Å²) in [7, 11) is 7.30. The molecule has 2 heterocycles. The highest BCUT2D eigenvalue weighted by Gasteiger charge is 2.47. The summed E-state index contributed by atoms with van der Waals surface area (Å²) in [5.74, 6) is 0.574. The molecule has 2 aromatic carbocycles. The van der Waals surface area contributed by atoms with E-state index in [-0.39, 0.29) is 31.2 Å². The largest absolute Gasteiger partial charge is 0.496 e. The molecule has 0 unspecified atom stereocenters. The van der Waals surface area contributed by atoms with Gasteiger partial charge >= 0.3 is 5.97 Å². The third kappa shape index (κ3) is 8.15. The fourth-order valence-corrected chi connectivity index (χ4v) is 6.53. The van der Waals surface area contributed by atoms with Crippen LogP contribution in [0.15, 0.2) is 36.4 Å². The van der Waals surface area contributed by atoms with E-state index in [1.807, 2.05) is 55.4 Å². The van der Waals surface area contributed by atoms with Gasteiger partial charge in [0.25, 0.3) is 0 Å². The average molecular weight is 612 g/mol. The van der Waals surface area contributed by atoms with Crippen LogP contribution in [0.3, 0.4) is 0 Å². The zero-order valence-corrected chi connectivity index (χ0v) is 26.9. The molecule has 3 atom stereocenters. The third-order valence-electron chi connectivity index (χ3n) is 8.79. The molecule has 1 amide bonds. The van der Waals surface area contributed by atoms with Crippen molar-refractivity contribution < 1.29 is 33.6 Å². The predicted molar refractivity (Wildman–Crippen MR) is 169 cm³/mol. The molecule has 1 N–H and O–H groups in total. The molecule has 0 saturated carbocycles. The molecule has 10 heteroatoms. The summed E-state index contributed by atoms with van der Waals surface area (Å²) in [6, 6.07) is 11.3. The van der Waals surface area contributed by atoms with Crippen LogP contribution in [0.4, 0.5) is 0 Å². The molecule has 44 heavy (non-hydrogen) atoms. The van der Waals surface area contributed by atoms with Gasteiger partial charge in [-0.25, -0.2) is 0 Å². The third-order valence-corrected chi connectivity index (χ3v) is 8.79. The van der Waals surface area contributed by atoms with Gasteiger partial charge in [0, 0.05) is 31.6 Å². The van der Waals surface area contributed by atoms with Crippen molar-refractivity contribution in [3.05, 3.63) is 47.5 Å². The molecule has 2 aromatic rings. The number of methoxy groups -OCH3 is 2. The molecule has 0 aliphatic carbocycles. The van der Waals surface area contributed by atoms with Crippen molar-refractivity contribution in [1.82, 2.24) is 14.7 Å². The smallest absolute Gasteiger partial charge is 0.308 e. The van der Waals surface area contributed by atoms with Gasteiger partial charge in [-0.1, -0.05) is 31.5 Å². The van der Waals surface area contributed by atoms with Gasteiger partial charge in [0.05, 0.1) is 26.7 Å². The fraction of sp³-hybridized carbons (Fsp3) is 0.588. The number of likely N-dealkylation sites (tertiary alicyclic amines) is 1. The van der Waals surface area contributed by atoms with Gasteiger partial charge in [-0.3, -0.25) is 14.5 Å². The maximum absolute atomic E-state index is 13.8. The van der Waals surface area contributed by atoms with Crippen molar-refractivity contribution in [3.8, 4) is 23.0 Å². The van der Waals surface area contributed by atoms with E-state index in [0.717, 1.165) is 55.5 Å². The van der Waals surface area contributed by atoms with E-state index in [0.29, 0.717) is 43.3 Å². The highest BCUT2D eigenvalue weighted by Crippen LogP contribution is 2.47. The molecule has 10 nitrogen and oxygen atoms in total. The van der Waals surface area contributed by atoms with E-state index >= 15 is 0 Å². The van der Waals surface area contributed by atoms with Crippen molar-refractivity contribution in [2.24, 2.45) is 5.92 Å². The lowest BCUT2D eigenvalue weighted by Crippen LogP contribution is -2.45. The van der Waals surface area contributed by atoms with Gasteiger partial charge < -0.3 is 33.9 Å². The highest BCUT2D eigenvalue weighted by atomic mass is 16.7. The van der Waals surface area contributed by atoms with Crippen LogP contribution in [0.1, 0.15) is 56.1 Å². The van der Waals surface area contributed by atoms with Crippen LogP contribution < -0.4 is 18.9 Å². The Morgan fingerprint density at radius 2 is 1.75 bits per heavy atom. The Labute approximate surface area is 261 Å². The number of hydrogen-bond acceptors (Lipinski definition) is 8. The first kappa shape index (κ1) is 33.4. The van der Waals surface area contributed by atoms with Crippen molar-refractivity contribution >= 4 is 11.9 Å². The van der Waals surface area contributed by atoms with Crippen LogP contribution in [-0.4, -0.2) is 106 Å². The molecule has 1 fully saturated rings. The van der Waals surface area contributed by atoms with Crippen LogP contribution >= 0.6 is 0 Å². The summed E-state index contributed by atoms with van der Waals surface area (Å²) in [6.07, 6.45) is 4.98. The van der Waals surface area contributed by atoms with Crippen LogP contribution in [0.5, 0.6) is 23.0 Å². The summed E-state index contributed by atoms with van der Waals surface area (Å²) in [5, 5.41) is 10.6. The Hall–Kier alpha value is -3.50. The van der Waals surface area contributed by atoms with E-state index in [1.54, 1.807) is 14.2 Å². The summed E-state index contributed by atoms with van der Waals surface area (Å²) >= 11 is 0. The van der Waals surface area contributed by atoms with E-state index in [9.17, 15) is 14.7 Å². The van der Waals surface area contributed by atoms with Crippen LogP contribution in [0, 0.1) is 5.92 Å². The van der Waals surface area contributed by atoms with Gasteiger partial charge in [0.1, 0.15) is 5.75 Å². The van der Waals surface area contributed by atoms with Crippen LogP contribution in [0.25, 0.3) is 0 Å². The first-order chi connectivity index (χ1) is 21.3. The van der Waals surface area contributed by atoms with E-state index in [1.165, 1.54) is 0 Å². The number of amides is 1. The minimum Gasteiger partial charge on any atom is -0.496 e. The maximum Gasteiger partial charge on any atom is 0.308 e. The number of hydrogen-bond donors (Lipinski definition) is 1. The zero-order chi connectivity index (χ0) is 31.6. The van der Waals surface area contributed by atoms with E-state index in [2.05, 4.69) is 16.7 Å². The molecule has 0 aromatic heterocycles. The number of carbonyl (C=O) groups excluding carboxylic acids is 1. The zero-order valence-electron chi connectivity index (χ0n) is 26.9. The number of nitrogens with zero attached hydrogens (tertiary/aromatic N) is 3. The quantitative estimate of drug-likeness (QED) is 0.277. The lowest BCUT2D eigenvalue weighted by Gasteiger charge is -2.30. The average Bonchev–Trinajstić information content (AvgIpc) is 3.63. The first-order valence-electron chi connectivity index (χ1n) is 15.8. The molecule has 242 valence electrons. The Morgan fingerprint density at radius 3 is 2.45 bits per heavy atom. The first-order valence-corrected chi connectivity index (χ1v) is 15.8. The second-order valence-electron chi connectivity index (χ2n) is 12.0. The van der Waals surface area contributed by atoms with Crippen molar-refractivity contribution in [1.29, 1.82) is 0 Å². The number of ether oxygens (including phenoxy) is 4. The van der Waals surface area contributed by atoms with E-state index in [4.69, 9.17) is 18.9 Å². The van der Waals surface area contributed by atoms with Gasteiger partial charge in [-0.15, -0.1) is 0 Å². The number of carboxylic acids is 1. The fourth-order valence-electron chi connectivity index (χ4n) is 6.53. The maximum atomic E-state index is 13.8. The lowest BCUT2D eigenvalue weighted by molar-refractivity contribution is -0.143. The summed E-state index contributed by atoms with van der Waals surface area (Å²) in [5.41, 5.74) is 1.91.